The summed E-state index contributed by atoms with van der Waals surface area (Å²) in [6.45, 7) is -2.35. The molecule has 0 aromatic carbocycles. The summed E-state index contributed by atoms with van der Waals surface area (Å²) in [5, 5.41) is 8.68. The molecule has 0 unspecified atom stereocenters. The maximum absolute atomic E-state index is 12.3. The van der Waals surface area contributed by atoms with Crippen molar-refractivity contribution in [2.24, 2.45) is 0 Å². The number of aromatic nitrogens is 1. The number of nitrogens with zero attached hydrogens (tertiary/aromatic N) is 2. The lowest BCUT2D eigenvalue weighted by Crippen LogP contribution is -2.41. The number of halogens is 4. The van der Waals surface area contributed by atoms with Crippen LogP contribution >= 0.6 is 15.9 Å². The Kier molecular flexibility index (Phi) is 5.09. The van der Waals surface area contributed by atoms with Crippen molar-refractivity contribution in [2.75, 3.05) is 19.7 Å². The number of aliphatic hydroxyl groups excluding tert-OH is 1. The van der Waals surface area contributed by atoms with Crippen molar-refractivity contribution >= 4 is 21.8 Å². The number of amides is 1. The molecule has 0 atom stereocenters. The Morgan fingerprint density at radius 1 is 1.44 bits per heavy atom. The zero-order valence-corrected chi connectivity index (χ0v) is 10.7. The van der Waals surface area contributed by atoms with Crippen LogP contribution < -0.4 is 0 Å². The molecule has 18 heavy (non-hydrogen) atoms. The summed E-state index contributed by atoms with van der Waals surface area (Å²) in [6, 6.07) is 2.82. The number of carbonyl (C=O) groups excluding carboxylic acids is 1. The molecule has 0 aliphatic carbocycles. The van der Waals surface area contributed by atoms with E-state index in [9.17, 15) is 18.0 Å². The molecule has 1 rings (SSSR count). The Morgan fingerprint density at radius 3 is 2.56 bits per heavy atom. The molecule has 100 valence electrons. The van der Waals surface area contributed by atoms with E-state index in [0.29, 0.717) is 9.37 Å². The van der Waals surface area contributed by atoms with E-state index in [0.717, 1.165) is 0 Å². The molecule has 0 saturated heterocycles. The average Bonchev–Trinajstić information content (AvgIpc) is 2.27. The van der Waals surface area contributed by atoms with Gasteiger partial charge in [-0.15, -0.1) is 0 Å². The van der Waals surface area contributed by atoms with Gasteiger partial charge in [-0.2, -0.15) is 13.2 Å². The first-order chi connectivity index (χ1) is 8.33. The number of alkyl halides is 3. The molecule has 1 amide bonds. The van der Waals surface area contributed by atoms with Gasteiger partial charge in [-0.25, -0.2) is 4.98 Å². The van der Waals surface area contributed by atoms with E-state index in [1.165, 1.54) is 18.3 Å². The lowest BCUT2D eigenvalue weighted by molar-refractivity contribution is -0.141. The number of aliphatic hydroxyl groups is 1. The highest BCUT2D eigenvalue weighted by molar-refractivity contribution is 9.10. The highest BCUT2D eigenvalue weighted by Crippen LogP contribution is 2.18. The van der Waals surface area contributed by atoms with E-state index < -0.39 is 31.8 Å². The lowest BCUT2D eigenvalue weighted by atomic mass is 10.3. The van der Waals surface area contributed by atoms with Gasteiger partial charge in [-0.1, -0.05) is 0 Å². The fourth-order valence-electron chi connectivity index (χ4n) is 1.25. The van der Waals surface area contributed by atoms with Gasteiger partial charge in [0, 0.05) is 17.2 Å². The maximum atomic E-state index is 12.3. The fourth-order valence-corrected chi connectivity index (χ4v) is 1.49. The van der Waals surface area contributed by atoms with Gasteiger partial charge in [0.2, 0.25) is 0 Å². The van der Waals surface area contributed by atoms with E-state index in [-0.39, 0.29) is 5.69 Å². The molecule has 0 saturated carbocycles. The van der Waals surface area contributed by atoms with E-state index in [1.54, 1.807) is 0 Å². The summed E-state index contributed by atoms with van der Waals surface area (Å²) >= 11 is 3.10. The summed E-state index contributed by atoms with van der Waals surface area (Å²) in [6.07, 6.45) is -3.20. The maximum Gasteiger partial charge on any atom is 0.406 e. The van der Waals surface area contributed by atoms with Crippen LogP contribution in [0.15, 0.2) is 22.8 Å². The van der Waals surface area contributed by atoms with Crippen molar-refractivity contribution in [3.8, 4) is 0 Å². The Hall–Kier alpha value is -1.15. The molecule has 0 aliphatic rings. The van der Waals surface area contributed by atoms with Crippen LogP contribution in [0.4, 0.5) is 13.2 Å². The number of carbonyl (C=O) groups is 1. The number of hydrogen-bond donors (Lipinski definition) is 1. The fraction of sp³-hybridized carbons (Fsp3) is 0.400. The van der Waals surface area contributed by atoms with Gasteiger partial charge in [-0.3, -0.25) is 4.79 Å². The van der Waals surface area contributed by atoms with E-state index in [2.05, 4.69) is 20.9 Å². The molecule has 0 spiro atoms. The highest BCUT2D eigenvalue weighted by atomic mass is 79.9. The molecular weight excluding hydrogens is 317 g/mol. The third-order valence-corrected chi connectivity index (χ3v) is 2.44. The van der Waals surface area contributed by atoms with Gasteiger partial charge >= 0.3 is 6.18 Å². The first-order valence-corrected chi connectivity index (χ1v) is 5.71. The molecular formula is C10H10BrF3N2O2. The second kappa shape index (κ2) is 6.14. The second-order valence-electron chi connectivity index (χ2n) is 3.43. The van der Waals surface area contributed by atoms with E-state index in [4.69, 9.17) is 5.11 Å². The minimum Gasteiger partial charge on any atom is -0.395 e. The lowest BCUT2D eigenvalue weighted by Gasteiger charge is -2.22. The topological polar surface area (TPSA) is 53.4 Å². The first-order valence-electron chi connectivity index (χ1n) is 4.92. The molecule has 1 heterocycles. The summed E-state index contributed by atoms with van der Waals surface area (Å²) in [5.74, 6) is -0.867. The average molecular weight is 327 g/mol. The first kappa shape index (κ1) is 14.9. The molecule has 1 aromatic rings. The SMILES string of the molecule is O=C(c1ccc(Br)cn1)N(CCO)CC(F)(F)F. The Bertz CT molecular complexity index is 409. The number of rotatable bonds is 4. The predicted molar refractivity (Wildman–Crippen MR) is 61.0 cm³/mol. The molecule has 0 fully saturated rings. The van der Waals surface area contributed by atoms with Crippen LogP contribution in [0, 0.1) is 0 Å². The van der Waals surface area contributed by atoms with Crippen molar-refractivity contribution in [3.63, 3.8) is 0 Å². The van der Waals surface area contributed by atoms with Crippen molar-refractivity contribution < 1.29 is 23.1 Å². The zero-order chi connectivity index (χ0) is 13.8. The quantitative estimate of drug-likeness (QED) is 0.918. The standard InChI is InChI=1S/C10H10BrF3N2O2/c11-7-1-2-8(15-5-7)9(18)16(3-4-17)6-10(12,13)14/h1-2,5,17H,3-4,6H2. The molecule has 8 heteroatoms. The van der Waals surface area contributed by atoms with Gasteiger partial charge in [0.15, 0.2) is 0 Å². The molecule has 0 bridgehead atoms. The minimum absolute atomic E-state index is 0.101. The van der Waals surface area contributed by atoms with Gasteiger partial charge in [0.05, 0.1) is 6.61 Å². The van der Waals surface area contributed by atoms with Crippen molar-refractivity contribution in [1.82, 2.24) is 9.88 Å². The Balaban J connectivity index is 2.85. The molecule has 1 aromatic heterocycles. The third-order valence-electron chi connectivity index (χ3n) is 1.97. The second-order valence-corrected chi connectivity index (χ2v) is 4.34. The predicted octanol–water partition coefficient (Wildman–Crippen LogP) is 1.84. The van der Waals surface area contributed by atoms with Crippen molar-refractivity contribution in [1.29, 1.82) is 0 Å². The van der Waals surface area contributed by atoms with Gasteiger partial charge in [-0.05, 0) is 28.1 Å². The Morgan fingerprint density at radius 2 is 2.11 bits per heavy atom. The van der Waals surface area contributed by atoms with Crippen LogP contribution in [0.1, 0.15) is 10.5 Å². The largest absolute Gasteiger partial charge is 0.406 e. The molecule has 1 N–H and O–H groups in total. The third kappa shape index (κ3) is 4.61. The summed E-state index contributed by atoms with van der Waals surface area (Å²) < 4.78 is 37.4. The van der Waals surface area contributed by atoms with E-state index in [1.807, 2.05) is 0 Å². The zero-order valence-electron chi connectivity index (χ0n) is 9.12. The van der Waals surface area contributed by atoms with Gasteiger partial charge in [0.1, 0.15) is 12.2 Å². The van der Waals surface area contributed by atoms with Crippen LogP contribution in [0.25, 0.3) is 0 Å². The van der Waals surface area contributed by atoms with Gasteiger partial charge in [0.25, 0.3) is 5.91 Å². The monoisotopic (exact) mass is 326 g/mol. The van der Waals surface area contributed by atoms with E-state index >= 15 is 0 Å². The van der Waals surface area contributed by atoms with Crippen LogP contribution in [0.3, 0.4) is 0 Å². The van der Waals surface area contributed by atoms with Gasteiger partial charge < -0.3 is 10.0 Å². The summed E-state index contributed by atoms with van der Waals surface area (Å²) in [7, 11) is 0. The summed E-state index contributed by atoms with van der Waals surface area (Å²) in [5.41, 5.74) is -0.101. The van der Waals surface area contributed by atoms with Crippen LogP contribution in [0.5, 0.6) is 0 Å². The number of pyridine rings is 1. The minimum atomic E-state index is -4.51. The number of hydrogen-bond acceptors (Lipinski definition) is 3. The molecule has 0 radical (unpaired) electrons. The van der Waals surface area contributed by atoms with Crippen molar-refractivity contribution in [3.05, 3.63) is 28.5 Å². The van der Waals surface area contributed by atoms with Crippen LogP contribution in [-0.2, 0) is 0 Å². The van der Waals surface area contributed by atoms with Crippen molar-refractivity contribution in [2.45, 2.75) is 6.18 Å². The smallest absolute Gasteiger partial charge is 0.395 e. The molecule has 0 aliphatic heterocycles. The normalized spacial score (nSPS) is 11.4. The summed E-state index contributed by atoms with van der Waals surface area (Å²) in [4.78, 5) is 16.0. The Labute approximate surface area is 110 Å². The highest BCUT2D eigenvalue weighted by Gasteiger charge is 2.33. The molecule has 4 nitrogen and oxygen atoms in total. The van der Waals surface area contributed by atoms with Crippen LogP contribution in [-0.4, -0.2) is 46.8 Å². The van der Waals surface area contributed by atoms with Crippen LogP contribution in [0.2, 0.25) is 0 Å².